The fraction of sp³-hybridized carbons (Fsp3) is 0.350. The smallest absolute Gasteiger partial charge is 0.262 e. The lowest BCUT2D eigenvalue weighted by molar-refractivity contribution is 0.509. The minimum atomic E-state index is 0.0513. The van der Waals surface area contributed by atoms with Crippen LogP contribution >= 0.6 is 22.7 Å². The van der Waals surface area contributed by atoms with Gasteiger partial charge in [0.1, 0.15) is 10.6 Å². The Balaban J connectivity index is 1.50. The zero-order chi connectivity index (χ0) is 18.5. The van der Waals surface area contributed by atoms with E-state index in [1.165, 1.54) is 21.8 Å². The molecule has 5 rings (SSSR count). The van der Waals surface area contributed by atoms with Crippen LogP contribution in [0.15, 0.2) is 33.1 Å². The SMILES string of the molecule is Cc1ccc(-c2nc(Cn3cnc4sc5c(c4c3=O)CCC(C)C5)cs2)o1. The Labute approximate surface area is 164 Å². The first-order valence-electron chi connectivity index (χ1n) is 9.09. The van der Waals surface area contributed by atoms with Gasteiger partial charge in [0.2, 0.25) is 0 Å². The van der Waals surface area contributed by atoms with Crippen molar-refractivity contribution in [3.05, 3.63) is 56.1 Å². The maximum Gasteiger partial charge on any atom is 0.262 e. The fourth-order valence-corrected chi connectivity index (χ4v) is 5.81. The molecule has 4 heterocycles. The summed E-state index contributed by atoms with van der Waals surface area (Å²) in [5, 5.41) is 3.64. The third-order valence-corrected chi connectivity index (χ3v) is 7.19. The Bertz CT molecular complexity index is 1200. The summed E-state index contributed by atoms with van der Waals surface area (Å²) < 4.78 is 7.32. The lowest BCUT2D eigenvalue weighted by atomic mass is 9.89. The predicted octanol–water partition coefficient (Wildman–Crippen LogP) is 4.66. The molecule has 138 valence electrons. The molecular formula is C20H19N3O2S2. The van der Waals surface area contributed by atoms with Crippen molar-refractivity contribution in [3.8, 4) is 10.8 Å². The Morgan fingerprint density at radius 2 is 2.26 bits per heavy atom. The Kier molecular flexibility index (Phi) is 4.02. The second kappa shape index (κ2) is 6.42. The van der Waals surface area contributed by atoms with E-state index in [0.717, 1.165) is 51.7 Å². The molecule has 27 heavy (non-hydrogen) atoms. The third-order valence-electron chi connectivity index (χ3n) is 5.12. The van der Waals surface area contributed by atoms with Gasteiger partial charge < -0.3 is 4.42 Å². The van der Waals surface area contributed by atoms with Crippen LogP contribution in [-0.4, -0.2) is 14.5 Å². The lowest BCUT2D eigenvalue weighted by Gasteiger charge is -2.17. The number of hydrogen-bond donors (Lipinski definition) is 0. The Morgan fingerprint density at radius 1 is 1.37 bits per heavy atom. The van der Waals surface area contributed by atoms with Crippen LogP contribution < -0.4 is 5.56 Å². The van der Waals surface area contributed by atoms with Crippen molar-refractivity contribution in [3.63, 3.8) is 0 Å². The maximum atomic E-state index is 13.1. The highest BCUT2D eigenvalue weighted by molar-refractivity contribution is 7.18. The summed E-state index contributed by atoms with van der Waals surface area (Å²) in [5.41, 5.74) is 2.13. The molecule has 5 nitrogen and oxygen atoms in total. The normalized spacial score (nSPS) is 16.7. The molecule has 0 radical (unpaired) electrons. The minimum Gasteiger partial charge on any atom is -0.459 e. The number of thiazole rings is 1. The number of aromatic nitrogens is 3. The van der Waals surface area contributed by atoms with Gasteiger partial charge in [-0.15, -0.1) is 22.7 Å². The van der Waals surface area contributed by atoms with E-state index in [2.05, 4.69) is 16.9 Å². The molecule has 1 aliphatic carbocycles. The van der Waals surface area contributed by atoms with E-state index in [1.54, 1.807) is 22.2 Å². The fourth-order valence-electron chi connectivity index (χ4n) is 3.70. The van der Waals surface area contributed by atoms with E-state index in [1.807, 2.05) is 24.4 Å². The van der Waals surface area contributed by atoms with Crippen molar-refractivity contribution >= 4 is 32.9 Å². The standard InChI is InChI=1S/C20H19N3O2S2/c1-11-3-5-14-16(7-11)27-19-17(14)20(24)23(10-21-19)8-13-9-26-18(22-13)15-6-4-12(2)25-15/h4,6,9-11H,3,5,7-8H2,1-2H3. The molecule has 0 aliphatic heterocycles. The monoisotopic (exact) mass is 397 g/mol. The van der Waals surface area contributed by atoms with E-state index in [0.29, 0.717) is 12.5 Å². The van der Waals surface area contributed by atoms with Crippen LogP contribution in [0, 0.1) is 12.8 Å². The second-order valence-corrected chi connectivity index (χ2v) is 9.21. The summed E-state index contributed by atoms with van der Waals surface area (Å²) in [4.78, 5) is 24.5. The molecule has 7 heteroatoms. The van der Waals surface area contributed by atoms with Gasteiger partial charge in [0.25, 0.3) is 5.56 Å². The van der Waals surface area contributed by atoms with E-state index in [-0.39, 0.29) is 5.56 Å². The first-order chi connectivity index (χ1) is 13.1. The van der Waals surface area contributed by atoms with Crippen molar-refractivity contribution in [2.24, 2.45) is 5.92 Å². The largest absolute Gasteiger partial charge is 0.459 e. The summed E-state index contributed by atoms with van der Waals surface area (Å²) in [5.74, 6) is 2.32. The van der Waals surface area contributed by atoms with Gasteiger partial charge in [-0.2, -0.15) is 0 Å². The molecule has 4 aromatic heterocycles. The number of hydrogen-bond acceptors (Lipinski definition) is 6. The van der Waals surface area contributed by atoms with Gasteiger partial charge >= 0.3 is 0 Å². The van der Waals surface area contributed by atoms with Crippen LogP contribution in [-0.2, 0) is 19.4 Å². The molecule has 0 amide bonds. The van der Waals surface area contributed by atoms with E-state index in [9.17, 15) is 4.79 Å². The van der Waals surface area contributed by atoms with Gasteiger partial charge in [-0.25, -0.2) is 9.97 Å². The quantitative estimate of drug-likeness (QED) is 0.505. The van der Waals surface area contributed by atoms with E-state index >= 15 is 0 Å². The summed E-state index contributed by atoms with van der Waals surface area (Å²) in [6.07, 6.45) is 4.85. The number of fused-ring (bicyclic) bond motifs is 3. The van der Waals surface area contributed by atoms with Gasteiger partial charge in [0.05, 0.1) is 24.0 Å². The molecule has 4 aromatic rings. The summed E-state index contributed by atoms with van der Waals surface area (Å²) in [6.45, 7) is 4.62. The number of rotatable bonds is 3. The summed E-state index contributed by atoms with van der Waals surface area (Å²) in [6, 6.07) is 3.86. The first kappa shape index (κ1) is 16.9. The maximum absolute atomic E-state index is 13.1. The lowest BCUT2D eigenvalue weighted by Crippen LogP contribution is -2.22. The summed E-state index contributed by atoms with van der Waals surface area (Å²) >= 11 is 3.22. The zero-order valence-electron chi connectivity index (χ0n) is 15.2. The van der Waals surface area contributed by atoms with Crippen molar-refractivity contribution in [2.45, 2.75) is 39.7 Å². The average Bonchev–Trinajstić information content (AvgIpc) is 3.35. The topological polar surface area (TPSA) is 60.9 Å². The summed E-state index contributed by atoms with van der Waals surface area (Å²) in [7, 11) is 0. The average molecular weight is 398 g/mol. The highest BCUT2D eigenvalue weighted by Crippen LogP contribution is 2.35. The van der Waals surface area contributed by atoms with Crippen molar-refractivity contribution < 1.29 is 4.42 Å². The van der Waals surface area contributed by atoms with Crippen LogP contribution in [0.3, 0.4) is 0 Å². The van der Waals surface area contributed by atoms with Crippen LogP contribution in [0.2, 0.25) is 0 Å². The number of aryl methyl sites for hydroxylation is 2. The van der Waals surface area contributed by atoms with Gasteiger partial charge in [-0.1, -0.05) is 6.92 Å². The number of furan rings is 1. The Morgan fingerprint density at radius 3 is 3.07 bits per heavy atom. The molecule has 0 spiro atoms. The van der Waals surface area contributed by atoms with Gasteiger partial charge in [0, 0.05) is 10.3 Å². The molecule has 0 aromatic carbocycles. The highest BCUT2D eigenvalue weighted by atomic mass is 32.1. The Hall–Kier alpha value is -2.25. The zero-order valence-corrected chi connectivity index (χ0v) is 16.8. The first-order valence-corrected chi connectivity index (χ1v) is 10.8. The number of thiophene rings is 1. The number of nitrogens with zero attached hydrogens (tertiary/aromatic N) is 3. The second-order valence-electron chi connectivity index (χ2n) is 7.26. The minimum absolute atomic E-state index is 0.0513. The van der Waals surface area contributed by atoms with E-state index < -0.39 is 0 Å². The molecule has 1 atom stereocenters. The van der Waals surface area contributed by atoms with Gasteiger partial charge in [-0.3, -0.25) is 9.36 Å². The molecule has 0 fully saturated rings. The van der Waals surface area contributed by atoms with Crippen LogP contribution in [0.1, 0.15) is 35.2 Å². The molecule has 1 unspecified atom stereocenters. The van der Waals surface area contributed by atoms with Crippen molar-refractivity contribution in [1.29, 1.82) is 0 Å². The third kappa shape index (κ3) is 2.95. The molecule has 0 N–H and O–H groups in total. The van der Waals surface area contributed by atoms with Crippen LogP contribution in [0.25, 0.3) is 21.0 Å². The van der Waals surface area contributed by atoms with Crippen LogP contribution in [0.5, 0.6) is 0 Å². The molecule has 0 saturated heterocycles. The predicted molar refractivity (Wildman–Crippen MR) is 109 cm³/mol. The van der Waals surface area contributed by atoms with Crippen molar-refractivity contribution in [2.75, 3.05) is 0 Å². The highest BCUT2D eigenvalue weighted by Gasteiger charge is 2.23. The van der Waals surface area contributed by atoms with Gasteiger partial charge in [0.15, 0.2) is 10.8 Å². The van der Waals surface area contributed by atoms with Gasteiger partial charge in [-0.05, 0) is 49.8 Å². The van der Waals surface area contributed by atoms with Crippen molar-refractivity contribution in [1.82, 2.24) is 14.5 Å². The molecule has 0 bridgehead atoms. The molecule has 0 saturated carbocycles. The molecular weight excluding hydrogens is 378 g/mol. The molecule has 1 aliphatic rings. The van der Waals surface area contributed by atoms with E-state index in [4.69, 9.17) is 4.42 Å². The van der Waals surface area contributed by atoms with Crippen LogP contribution in [0.4, 0.5) is 0 Å².